The molecule has 6 nitrogen and oxygen atoms in total. The fourth-order valence-corrected chi connectivity index (χ4v) is 3.81. The number of aromatic nitrogens is 3. The van der Waals surface area contributed by atoms with Gasteiger partial charge >= 0.3 is 5.97 Å². The molecule has 1 atom stereocenters. The van der Waals surface area contributed by atoms with E-state index in [9.17, 15) is 9.90 Å². The molecule has 1 aliphatic rings. The van der Waals surface area contributed by atoms with Crippen LogP contribution in [0.4, 0.5) is 0 Å². The zero-order valence-corrected chi connectivity index (χ0v) is 19.0. The summed E-state index contributed by atoms with van der Waals surface area (Å²) in [6.07, 6.45) is 15.4. The zero-order valence-electron chi connectivity index (χ0n) is 19.0. The smallest absolute Gasteiger partial charge is 0.305 e. The Morgan fingerprint density at radius 3 is 2.74 bits per heavy atom. The molecule has 0 saturated heterocycles. The van der Waals surface area contributed by atoms with E-state index in [1.165, 1.54) is 11.9 Å². The second-order valence-electron chi connectivity index (χ2n) is 9.16. The summed E-state index contributed by atoms with van der Waals surface area (Å²) < 4.78 is 4.77. The third-order valence-electron chi connectivity index (χ3n) is 5.63. The van der Waals surface area contributed by atoms with Crippen LogP contribution in [-0.4, -0.2) is 33.2 Å². The molecule has 1 aliphatic carbocycles. The molecule has 0 radical (unpaired) electrons. The van der Waals surface area contributed by atoms with Crippen molar-refractivity contribution in [2.24, 2.45) is 5.92 Å². The fraction of sp³-hybridized carbons (Fsp3) is 0.480. The highest BCUT2D eigenvalue weighted by Crippen LogP contribution is 2.36. The topological polar surface area (TPSA) is 77.2 Å². The van der Waals surface area contributed by atoms with Crippen molar-refractivity contribution in [2.45, 2.75) is 64.7 Å². The van der Waals surface area contributed by atoms with Crippen LogP contribution in [0.3, 0.4) is 0 Å². The summed E-state index contributed by atoms with van der Waals surface area (Å²) in [4.78, 5) is 13.1. The molecule has 6 heteroatoms. The Labute approximate surface area is 184 Å². The van der Waals surface area contributed by atoms with Gasteiger partial charge in [0.25, 0.3) is 0 Å². The number of ether oxygens (including phenoxy) is 1. The van der Waals surface area contributed by atoms with E-state index in [1.54, 1.807) is 6.20 Å². The Hall–Kier alpha value is -2.89. The van der Waals surface area contributed by atoms with Crippen molar-refractivity contribution in [1.82, 2.24) is 15.0 Å². The second-order valence-corrected chi connectivity index (χ2v) is 9.16. The molecule has 166 valence electrons. The normalized spacial score (nSPS) is 15.9. The number of allylic oxidation sites excluding steroid dienone is 4. The van der Waals surface area contributed by atoms with E-state index < -0.39 is 0 Å². The first-order valence-electron chi connectivity index (χ1n) is 11.0. The minimum atomic E-state index is -0.266. The lowest BCUT2D eigenvalue weighted by molar-refractivity contribution is -0.140. The summed E-state index contributed by atoms with van der Waals surface area (Å²) in [5, 5.41) is 20.0. The van der Waals surface area contributed by atoms with Crippen molar-refractivity contribution in [3.8, 4) is 11.4 Å². The largest absolute Gasteiger partial charge is 0.505 e. The van der Waals surface area contributed by atoms with Gasteiger partial charge < -0.3 is 9.84 Å². The molecule has 1 aromatic carbocycles. The molecule has 0 fully saturated rings. The highest BCUT2D eigenvalue weighted by atomic mass is 16.5. The molecule has 1 aromatic heterocycles. The van der Waals surface area contributed by atoms with Gasteiger partial charge in [0.15, 0.2) is 0 Å². The zero-order chi connectivity index (χ0) is 22.4. The third kappa shape index (κ3) is 6.06. The summed E-state index contributed by atoms with van der Waals surface area (Å²) in [5.41, 5.74) is 2.93. The molecule has 0 amide bonds. The molecule has 0 bridgehead atoms. The van der Waals surface area contributed by atoms with Crippen molar-refractivity contribution in [2.75, 3.05) is 7.11 Å². The van der Waals surface area contributed by atoms with Crippen LogP contribution in [0.2, 0.25) is 0 Å². The lowest BCUT2D eigenvalue weighted by Gasteiger charge is -2.23. The predicted octanol–water partition coefficient (Wildman–Crippen LogP) is 4.83. The lowest BCUT2D eigenvalue weighted by atomic mass is 9.84. The summed E-state index contributed by atoms with van der Waals surface area (Å²) in [6, 6.07) is 3.81. The lowest BCUT2D eigenvalue weighted by Crippen LogP contribution is -2.14. The van der Waals surface area contributed by atoms with Gasteiger partial charge in [0.05, 0.1) is 19.0 Å². The number of carbonyl (C=O) groups excluding carboxylic acids is 1. The van der Waals surface area contributed by atoms with Gasteiger partial charge in [-0.2, -0.15) is 10.2 Å². The van der Waals surface area contributed by atoms with Crippen molar-refractivity contribution >= 4 is 5.97 Å². The van der Waals surface area contributed by atoms with Gasteiger partial charge in [0, 0.05) is 12.0 Å². The third-order valence-corrected chi connectivity index (χ3v) is 5.63. The predicted molar refractivity (Wildman–Crippen MR) is 121 cm³/mol. The van der Waals surface area contributed by atoms with Crippen molar-refractivity contribution in [1.29, 1.82) is 0 Å². The average molecular weight is 424 g/mol. The maximum atomic E-state index is 11.6. The number of rotatable bonds is 8. The monoisotopic (exact) mass is 423 g/mol. The van der Waals surface area contributed by atoms with E-state index in [0.29, 0.717) is 18.0 Å². The number of hydrogen-bond acceptors (Lipinski definition) is 5. The Balaban J connectivity index is 1.78. The molecule has 2 aromatic rings. The standard InChI is InChI=1S/C25H33N3O3/c1-25(2,3)21-15-19(13-14-23(29)31-4)16-22(24(21)30)28-26-17-20(27-28)12-8-11-18-9-6-5-7-10-18/h5-7,9,15-18,30H,8,10-14H2,1-4H3. The Morgan fingerprint density at radius 2 is 2.06 bits per heavy atom. The van der Waals surface area contributed by atoms with Gasteiger partial charge in [-0.1, -0.05) is 51.1 Å². The molecule has 3 rings (SSSR count). The number of phenolic OH excluding ortho intramolecular Hbond substituents is 1. The number of hydrogen-bond donors (Lipinski definition) is 1. The van der Waals surface area contributed by atoms with Crippen molar-refractivity contribution < 1.29 is 14.6 Å². The molecule has 0 saturated carbocycles. The number of benzene rings is 1. The number of phenols is 1. The molecule has 1 heterocycles. The first kappa shape index (κ1) is 22.8. The average Bonchev–Trinajstić information content (AvgIpc) is 3.21. The van der Waals surface area contributed by atoms with E-state index in [1.807, 2.05) is 32.9 Å². The van der Waals surface area contributed by atoms with Gasteiger partial charge in [-0.25, -0.2) is 0 Å². The van der Waals surface area contributed by atoms with E-state index in [4.69, 9.17) is 4.74 Å². The fourth-order valence-electron chi connectivity index (χ4n) is 3.81. The number of methoxy groups -OCH3 is 1. The first-order valence-corrected chi connectivity index (χ1v) is 11.0. The number of aromatic hydroxyl groups is 1. The van der Waals surface area contributed by atoms with Crippen LogP contribution >= 0.6 is 0 Å². The Morgan fingerprint density at radius 1 is 1.26 bits per heavy atom. The van der Waals surface area contributed by atoms with Gasteiger partial charge in [0.2, 0.25) is 0 Å². The van der Waals surface area contributed by atoms with Crippen LogP contribution in [0, 0.1) is 5.92 Å². The molecule has 0 spiro atoms. The maximum absolute atomic E-state index is 11.6. The van der Waals surface area contributed by atoms with Crippen LogP contribution < -0.4 is 0 Å². The highest BCUT2D eigenvalue weighted by Gasteiger charge is 2.23. The van der Waals surface area contributed by atoms with Gasteiger partial charge in [-0.05, 0) is 55.1 Å². The van der Waals surface area contributed by atoms with E-state index in [2.05, 4.69) is 34.5 Å². The summed E-state index contributed by atoms with van der Waals surface area (Å²) in [5.74, 6) is 0.523. The van der Waals surface area contributed by atoms with Gasteiger partial charge in [0.1, 0.15) is 11.4 Å². The number of aryl methyl sites for hydroxylation is 2. The molecule has 31 heavy (non-hydrogen) atoms. The Kier molecular flexibility index (Phi) is 7.31. The van der Waals surface area contributed by atoms with Crippen LogP contribution in [0.25, 0.3) is 5.69 Å². The van der Waals surface area contributed by atoms with Crippen LogP contribution in [0.15, 0.2) is 42.6 Å². The summed E-state index contributed by atoms with van der Waals surface area (Å²) >= 11 is 0. The minimum Gasteiger partial charge on any atom is -0.505 e. The maximum Gasteiger partial charge on any atom is 0.305 e. The SMILES string of the molecule is COC(=O)CCc1cc(-n2ncc(CCCC3C=CC=CC3)n2)c(O)c(C(C)(C)C)c1. The second kappa shape index (κ2) is 9.94. The van der Waals surface area contributed by atoms with E-state index in [0.717, 1.165) is 42.5 Å². The van der Waals surface area contributed by atoms with Crippen LogP contribution in [0.5, 0.6) is 5.75 Å². The first-order chi connectivity index (χ1) is 14.8. The molecular formula is C25H33N3O3. The Bertz CT molecular complexity index is 967. The highest BCUT2D eigenvalue weighted by molar-refractivity contribution is 5.69. The summed E-state index contributed by atoms with van der Waals surface area (Å²) in [7, 11) is 1.39. The van der Waals surface area contributed by atoms with Gasteiger partial charge in [-0.3, -0.25) is 4.79 Å². The molecule has 0 aliphatic heterocycles. The van der Waals surface area contributed by atoms with Gasteiger partial charge in [-0.15, -0.1) is 4.80 Å². The van der Waals surface area contributed by atoms with Crippen molar-refractivity contribution in [3.05, 3.63) is 59.5 Å². The quantitative estimate of drug-likeness (QED) is 0.615. The van der Waals surface area contributed by atoms with Crippen molar-refractivity contribution in [3.63, 3.8) is 0 Å². The molecular weight excluding hydrogens is 390 g/mol. The minimum absolute atomic E-state index is 0.176. The molecule has 1 N–H and O–H groups in total. The number of esters is 1. The van der Waals surface area contributed by atoms with E-state index >= 15 is 0 Å². The van der Waals surface area contributed by atoms with E-state index in [-0.39, 0.29) is 23.6 Å². The van der Waals surface area contributed by atoms with Crippen LogP contribution in [-0.2, 0) is 27.8 Å². The number of nitrogens with zero attached hydrogens (tertiary/aromatic N) is 3. The molecule has 1 unspecified atom stereocenters. The number of carbonyl (C=O) groups is 1. The van der Waals surface area contributed by atoms with Crippen LogP contribution in [0.1, 0.15) is 63.3 Å². The summed E-state index contributed by atoms with van der Waals surface area (Å²) in [6.45, 7) is 6.15.